The Labute approximate surface area is 179 Å². The van der Waals surface area contributed by atoms with Gasteiger partial charge in [-0.15, -0.1) is 6.58 Å². The molecule has 0 aromatic carbocycles. The Balaban J connectivity index is 3.32. The maximum atomic E-state index is 6.07. The minimum Gasteiger partial charge on any atom is -0.391 e. The van der Waals surface area contributed by atoms with Crippen LogP contribution in [0.25, 0.3) is 0 Å². The molecule has 168 valence electrons. The van der Waals surface area contributed by atoms with Crippen LogP contribution < -0.4 is 0 Å². The molecule has 1 unspecified atom stereocenters. The summed E-state index contributed by atoms with van der Waals surface area (Å²) in [5.74, 6) is 0. The highest BCUT2D eigenvalue weighted by Crippen LogP contribution is 2.14. The average Bonchev–Trinajstić information content (AvgIpc) is 2.71. The number of unbranched alkanes of at least 4 members (excludes halogenated alkanes) is 16. The highest BCUT2D eigenvalue weighted by atomic mass is 28.4. The maximum Gasteiger partial charge on any atom is 0.361 e. The third-order valence-corrected chi connectivity index (χ3v) is 7.94. The Morgan fingerprint density at radius 1 is 0.536 bits per heavy atom. The lowest BCUT2D eigenvalue weighted by Crippen LogP contribution is -2.37. The van der Waals surface area contributed by atoms with E-state index in [1.165, 1.54) is 103 Å². The molecule has 0 rings (SSSR count). The summed E-state index contributed by atoms with van der Waals surface area (Å²) in [6.07, 6.45) is 24.6. The lowest BCUT2D eigenvalue weighted by atomic mass is 10.0. The summed E-state index contributed by atoms with van der Waals surface area (Å²) in [7, 11) is -2.12. The van der Waals surface area contributed by atoms with E-state index in [1.807, 2.05) is 5.70 Å². The van der Waals surface area contributed by atoms with Crippen molar-refractivity contribution >= 4 is 8.56 Å². The van der Waals surface area contributed by atoms with Crippen molar-refractivity contribution in [3.8, 4) is 0 Å². The van der Waals surface area contributed by atoms with E-state index in [-0.39, 0.29) is 0 Å². The van der Waals surface area contributed by atoms with Crippen LogP contribution in [-0.4, -0.2) is 21.8 Å². The summed E-state index contributed by atoms with van der Waals surface area (Å²) in [6.45, 7) is 12.2. The van der Waals surface area contributed by atoms with Gasteiger partial charge in [-0.05, 0) is 25.1 Å². The van der Waals surface area contributed by atoms with Gasteiger partial charge in [0.15, 0.2) is 0 Å². The smallest absolute Gasteiger partial charge is 0.361 e. The minimum atomic E-state index is -2.12. The SMILES string of the molecule is C=C[Si](C)(OCCCCC)OCCCCCCCCCCCCCCCCC. The molecule has 0 saturated carbocycles. The molecule has 0 aromatic rings. The zero-order valence-corrected chi connectivity index (χ0v) is 20.7. The third-order valence-electron chi connectivity index (χ3n) is 5.64. The predicted molar refractivity (Wildman–Crippen MR) is 128 cm³/mol. The molecule has 0 N–H and O–H groups in total. The largest absolute Gasteiger partial charge is 0.391 e. The standard InChI is InChI=1S/C25H52O2Si/c1-5-8-10-11-12-13-14-15-16-17-18-19-20-21-23-25-27-28(4,7-3)26-24-22-9-6-2/h7H,3,5-6,8-25H2,1-2,4H3. The summed E-state index contributed by atoms with van der Waals surface area (Å²) >= 11 is 0. The van der Waals surface area contributed by atoms with Crippen molar-refractivity contribution in [3.63, 3.8) is 0 Å². The summed E-state index contributed by atoms with van der Waals surface area (Å²) in [6, 6.07) is 0. The van der Waals surface area contributed by atoms with Crippen LogP contribution in [0.3, 0.4) is 0 Å². The van der Waals surface area contributed by atoms with E-state index >= 15 is 0 Å². The maximum absolute atomic E-state index is 6.07. The van der Waals surface area contributed by atoms with Crippen LogP contribution >= 0.6 is 0 Å². The Kier molecular flexibility index (Phi) is 21.5. The van der Waals surface area contributed by atoms with Crippen molar-refractivity contribution in [1.29, 1.82) is 0 Å². The lowest BCUT2D eigenvalue weighted by Gasteiger charge is -2.23. The van der Waals surface area contributed by atoms with Gasteiger partial charge < -0.3 is 8.85 Å². The van der Waals surface area contributed by atoms with Crippen molar-refractivity contribution < 1.29 is 8.85 Å². The van der Waals surface area contributed by atoms with Gasteiger partial charge in [0, 0.05) is 13.2 Å². The Morgan fingerprint density at radius 2 is 0.821 bits per heavy atom. The molecule has 0 aliphatic rings. The zero-order valence-electron chi connectivity index (χ0n) is 19.7. The molecule has 0 heterocycles. The molecule has 0 saturated heterocycles. The molecule has 0 amide bonds. The van der Waals surface area contributed by atoms with E-state index in [0.29, 0.717) is 0 Å². The molecule has 28 heavy (non-hydrogen) atoms. The van der Waals surface area contributed by atoms with Crippen LogP contribution in [0.1, 0.15) is 129 Å². The molecule has 0 spiro atoms. The van der Waals surface area contributed by atoms with Crippen molar-refractivity contribution in [1.82, 2.24) is 0 Å². The number of hydrogen-bond donors (Lipinski definition) is 0. The first-order valence-electron chi connectivity index (χ1n) is 12.6. The van der Waals surface area contributed by atoms with Crippen LogP contribution in [0.15, 0.2) is 12.3 Å². The van der Waals surface area contributed by atoms with E-state index in [9.17, 15) is 0 Å². The molecule has 0 fully saturated rings. The Morgan fingerprint density at radius 3 is 1.18 bits per heavy atom. The third kappa shape index (κ3) is 19.2. The van der Waals surface area contributed by atoms with Gasteiger partial charge in [-0.2, -0.15) is 0 Å². The average molecular weight is 413 g/mol. The second kappa shape index (κ2) is 21.6. The van der Waals surface area contributed by atoms with Crippen LogP contribution in [0.2, 0.25) is 6.55 Å². The molecule has 2 nitrogen and oxygen atoms in total. The van der Waals surface area contributed by atoms with Gasteiger partial charge in [-0.1, -0.05) is 117 Å². The second-order valence-electron chi connectivity index (χ2n) is 8.57. The highest BCUT2D eigenvalue weighted by molar-refractivity contribution is 6.71. The van der Waals surface area contributed by atoms with Crippen molar-refractivity contribution in [3.05, 3.63) is 12.3 Å². The number of hydrogen-bond acceptors (Lipinski definition) is 2. The summed E-state index contributed by atoms with van der Waals surface area (Å²) < 4.78 is 12.1. The first kappa shape index (κ1) is 27.9. The zero-order chi connectivity index (χ0) is 20.8. The number of rotatable bonds is 23. The first-order valence-corrected chi connectivity index (χ1v) is 15.0. The molecule has 1 atom stereocenters. The summed E-state index contributed by atoms with van der Waals surface area (Å²) in [5, 5.41) is 0. The van der Waals surface area contributed by atoms with E-state index in [0.717, 1.165) is 26.1 Å². The van der Waals surface area contributed by atoms with Crippen LogP contribution in [0, 0.1) is 0 Å². The quantitative estimate of drug-likeness (QED) is 0.123. The fourth-order valence-electron chi connectivity index (χ4n) is 3.53. The molecular weight excluding hydrogens is 360 g/mol. The Hall–Kier alpha value is -0.123. The highest BCUT2D eigenvalue weighted by Gasteiger charge is 2.26. The van der Waals surface area contributed by atoms with Crippen LogP contribution in [0.4, 0.5) is 0 Å². The first-order chi connectivity index (χ1) is 13.7. The van der Waals surface area contributed by atoms with Gasteiger partial charge in [0.1, 0.15) is 0 Å². The van der Waals surface area contributed by atoms with Gasteiger partial charge >= 0.3 is 8.56 Å². The molecule has 0 radical (unpaired) electrons. The molecule has 0 bridgehead atoms. The normalized spacial score (nSPS) is 13.5. The lowest BCUT2D eigenvalue weighted by molar-refractivity contribution is 0.178. The predicted octanol–water partition coefficient (Wildman–Crippen LogP) is 8.88. The van der Waals surface area contributed by atoms with Crippen LogP contribution in [-0.2, 0) is 8.85 Å². The molecular formula is C25H52O2Si. The minimum absolute atomic E-state index is 0.821. The van der Waals surface area contributed by atoms with Crippen LogP contribution in [0.5, 0.6) is 0 Å². The van der Waals surface area contributed by atoms with Crippen molar-refractivity contribution in [2.45, 2.75) is 136 Å². The van der Waals surface area contributed by atoms with E-state index < -0.39 is 8.56 Å². The van der Waals surface area contributed by atoms with Gasteiger partial charge in [0.2, 0.25) is 0 Å². The molecule has 0 aliphatic heterocycles. The topological polar surface area (TPSA) is 18.5 Å². The van der Waals surface area contributed by atoms with Gasteiger partial charge in [0.05, 0.1) is 0 Å². The van der Waals surface area contributed by atoms with E-state index in [2.05, 4.69) is 27.0 Å². The second-order valence-corrected chi connectivity index (χ2v) is 11.6. The van der Waals surface area contributed by atoms with Crippen molar-refractivity contribution in [2.24, 2.45) is 0 Å². The Bertz CT molecular complexity index is 322. The van der Waals surface area contributed by atoms with Gasteiger partial charge in [-0.3, -0.25) is 0 Å². The molecule has 3 heteroatoms. The van der Waals surface area contributed by atoms with Gasteiger partial charge in [-0.25, -0.2) is 0 Å². The summed E-state index contributed by atoms with van der Waals surface area (Å²) in [5.41, 5.74) is 1.93. The van der Waals surface area contributed by atoms with E-state index in [1.54, 1.807) is 0 Å². The fourth-order valence-corrected chi connectivity index (χ4v) is 4.95. The summed E-state index contributed by atoms with van der Waals surface area (Å²) in [4.78, 5) is 0. The van der Waals surface area contributed by atoms with Gasteiger partial charge in [0.25, 0.3) is 0 Å². The van der Waals surface area contributed by atoms with E-state index in [4.69, 9.17) is 8.85 Å². The monoisotopic (exact) mass is 412 g/mol. The van der Waals surface area contributed by atoms with Crippen molar-refractivity contribution in [2.75, 3.05) is 13.2 Å². The fraction of sp³-hybridized carbons (Fsp3) is 0.920. The molecule has 0 aromatic heterocycles. The molecule has 0 aliphatic carbocycles.